The number of methoxy groups -OCH3 is 1. The molecule has 1 saturated heterocycles. The molecule has 6 heteroatoms. The third-order valence-corrected chi connectivity index (χ3v) is 10.1. The van der Waals surface area contributed by atoms with E-state index < -0.39 is 5.60 Å². The Morgan fingerprint density at radius 3 is 2.66 bits per heavy atom. The molecule has 38 heavy (non-hydrogen) atoms. The first kappa shape index (κ1) is 24.1. The van der Waals surface area contributed by atoms with Gasteiger partial charge in [-0.05, 0) is 54.6 Å². The van der Waals surface area contributed by atoms with E-state index in [9.17, 15) is 5.11 Å². The molecule has 4 atom stereocenters. The van der Waals surface area contributed by atoms with Gasteiger partial charge in [0.1, 0.15) is 5.60 Å². The van der Waals surface area contributed by atoms with Crippen molar-refractivity contribution >= 4 is 23.3 Å². The highest BCUT2D eigenvalue weighted by Gasteiger charge is 2.73. The molecule has 4 aliphatic rings. The predicted molar refractivity (Wildman–Crippen MR) is 151 cm³/mol. The van der Waals surface area contributed by atoms with Gasteiger partial charge >= 0.3 is 0 Å². The summed E-state index contributed by atoms with van der Waals surface area (Å²) in [5.74, 6) is 0.927. The molecule has 8 rings (SSSR count). The first-order chi connectivity index (χ1) is 18.1. The lowest BCUT2D eigenvalue weighted by Crippen LogP contribution is -2.75. The number of ether oxygens (including phenoxy) is 2. The molecule has 0 radical (unpaired) electrons. The molecule has 5 nitrogen and oxygen atoms in total. The van der Waals surface area contributed by atoms with Crippen molar-refractivity contribution in [2.75, 3.05) is 20.2 Å². The van der Waals surface area contributed by atoms with Crippen LogP contribution in [0.15, 0.2) is 66.7 Å². The van der Waals surface area contributed by atoms with Gasteiger partial charge in [-0.15, -0.1) is 12.4 Å². The molecule has 1 spiro atoms. The van der Waals surface area contributed by atoms with Crippen LogP contribution in [0.4, 0.5) is 0 Å². The van der Waals surface area contributed by atoms with E-state index in [1.54, 1.807) is 0 Å². The maximum absolute atomic E-state index is 11.0. The maximum Gasteiger partial charge on any atom is 0.166 e. The highest BCUT2D eigenvalue weighted by molar-refractivity contribution is 5.87. The average Bonchev–Trinajstić information content (AvgIpc) is 3.42. The normalized spacial score (nSPS) is 28.4. The number of phenolic OH excluding ortho intramolecular Hbond substituents is 1. The van der Waals surface area contributed by atoms with E-state index in [0.717, 1.165) is 38.8 Å². The highest BCUT2D eigenvalue weighted by Crippen LogP contribution is 2.70. The monoisotopic (exact) mass is 528 g/mol. The van der Waals surface area contributed by atoms with Gasteiger partial charge in [0.25, 0.3) is 0 Å². The van der Waals surface area contributed by atoms with Crippen LogP contribution in [-0.4, -0.2) is 46.4 Å². The molecule has 2 bridgehead atoms. The number of hydrogen-bond donors (Lipinski definition) is 1. The van der Waals surface area contributed by atoms with Gasteiger partial charge in [-0.25, -0.2) is 0 Å². The van der Waals surface area contributed by atoms with Crippen LogP contribution in [0.1, 0.15) is 40.5 Å². The van der Waals surface area contributed by atoms with E-state index in [1.807, 2.05) is 13.2 Å². The van der Waals surface area contributed by atoms with Crippen molar-refractivity contribution in [2.24, 2.45) is 7.05 Å². The SMILES string of the molecule is CO[C@@]12Cc3c(n(C)c4ccccc34)[C@@H]3Oc4c(O)ccc5c4[C@@]31CCN(CCc1ccccc1)[C@H]2C5.Cl. The smallest absolute Gasteiger partial charge is 0.166 e. The van der Waals surface area contributed by atoms with E-state index in [-0.39, 0.29) is 35.7 Å². The number of hydrogen-bond acceptors (Lipinski definition) is 4. The van der Waals surface area contributed by atoms with E-state index in [4.69, 9.17) is 9.47 Å². The van der Waals surface area contributed by atoms with Gasteiger partial charge in [-0.1, -0.05) is 54.6 Å². The number of para-hydroxylation sites is 1. The number of benzene rings is 3. The molecule has 2 aliphatic carbocycles. The van der Waals surface area contributed by atoms with E-state index in [0.29, 0.717) is 5.75 Å². The summed E-state index contributed by atoms with van der Waals surface area (Å²) < 4.78 is 16.0. The molecule has 0 amide bonds. The number of aromatic nitrogens is 1. The second kappa shape index (κ2) is 8.25. The van der Waals surface area contributed by atoms with Crippen molar-refractivity contribution in [3.63, 3.8) is 0 Å². The molecule has 4 aromatic rings. The van der Waals surface area contributed by atoms with Gasteiger partial charge in [-0.2, -0.15) is 0 Å². The number of piperidine rings is 1. The first-order valence-corrected chi connectivity index (χ1v) is 13.5. The Hall–Kier alpha value is -2.99. The molecular weight excluding hydrogens is 496 g/mol. The minimum Gasteiger partial charge on any atom is -0.504 e. The zero-order valence-electron chi connectivity index (χ0n) is 21.8. The molecule has 1 N–H and O–H groups in total. The Kier molecular flexibility index (Phi) is 5.23. The third-order valence-electron chi connectivity index (χ3n) is 10.1. The van der Waals surface area contributed by atoms with E-state index in [2.05, 4.69) is 77.2 Å². The van der Waals surface area contributed by atoms with Crippen molar-refractivity contribution in [3.05, 3.63) is 94.7 Å². The molecule has 196 valence electrons. The Balaban J connectivity index is 0.00000242. The van der Waals surface area contributed by atoms with Crippen LogP contribution >= 0.6 is 12.4 Å². The van der Waals surface area contributed by atoms with Crippen molar-refractivity contribution in [1.82, 2.24) is 9.47 Å². The lowest BCUT2D eigenvalue weighted by molar-refractivity contribution is -0.190. The Labute approximate surface area is 229 Å². The largest absolute Gasteiger partial charge is 0.504 e. The van der Waals surface area contributed by atoms with Crippen LogP contribution in [0, 0.1) is 0 Å². The highest BCUT2D eigenvalue weighted by atomic mass is 35.5. The van der Waals surface area contributed by atoms with Gasteiger partial charge in [0.2, 0.25) is 0 Å². The fourth-order valence-corrected chi connectivity index (χ4v) is 8.63. The fraction of sp³-hybridized carbons (Fsp3) is 0.375. The molecule has 3 heterocycles. The standard InChI is InChI=1S/C32H32N2O3.ClH/c1-33-24-11-7-6-10-22(24)23-19-32(36-2)26-18-21-12-13-25(35)29-27(21)31(32,30(37-29)28(23)33)15-17-34(26)16-14-20-8-4-3-5-9-20;/h3-13,26,30,35H,14-19H2,1-2H3;1H/t26-,30-,31-,32+;/m0./s1. The minimum atomic E-state index is -0.435. The predicted octanol–water partition coefficient (Wildman–Crippen LogP) is 5.49. The molecule has 0 unspecified atom stereocenters. The second-order valence-corrected chi connectivity index (χ2v) is 11.4. The fourth-order valence-electron chi connectivity index (χ4n) is 8.63. The lowest BCUT2D eigenvalue weighted by Gasteiger charge is -2.64. The Bertz CT molecular complexity index is 1570. The number of rotatable bonds is 4. The second-order valence-electron chi connectivity index (χ2n) is 11.4. The number of fused-ring (bicyclic) bond motifs is 4. The summed E-state index contributed by atoms with van der Waals surface area (Å²) in [6.07, 6.45) is 3.54. The molecule has 1 fully saturated rings. The zero-order chi connectivity index (χ0) is 24.9. The van der Waals surface area contributed by atoms with Gasteiger partial charge < -0.3 is 19.1 Å². The summed E-state index contributed by atoms with van der Waals surface area (Å²) in [5, 5.41) is 12.3. The van der Waals surface area contributed by atoms with Crippen molar-refractivity contribution in [1.29, 1.82) is 0 Å². The summed E-state index contributed by atoms with van der Waals surface area (Å²) in [4.78, 5) is 2.68. The molecule has 1 aromatic heterocycles. The molecule has 0 saturated carbocycles. The van der Waals surface area contributed by atoms with Crippen molar-refractivity contribution < 1.29 is 14.6 Å². The van der Waals surface area contributed by atoms with Crippen LogP contribution in [0.2, 0.25) is 0 Å². The van der Waals surface area contributed by atoms with Crippen LogP contribution in [0.3, 0.4) is 0 Å². The number of nitrogens with zero attached hydrogens (tertiary/aromatic N) is 2. The number of likely N-dealkylation sites (tertiary alicyclic amines) is 1. The summed E-state index contributed by atoms with van der Waals surface area (Å²) in [5.41, 5.74) is 6.93. The zero-order valence-corrected chi connectivity index (χ0v) is 22.6. The maximum atomic E-state index is 11.0. The summed E-state index contributed by atoms with van der Waals surface area (Å²) in [7, 11) is 4.08. The topological polar surface area (TPSA) is 46.9 Å². The number of aromatic hydroxyl groups is 1. The van der Waals surface area contributed by atoms with Gasteiger partial charge in [0, 0.05) is 49.6 Å². The number of phenols is 1. The average molecular weight is 529 g/mol. The molecule has 2 aliphatic heterocycles. The third kappa shape index (κ3) is 2.74. The minimum absolute atomic E-state index is 0. The van der Waals surface area contributed by atoms with Gasteiger partial charge in [0.15, 0.2) is 17.6 Å². The summed E-state index contributed by atoms with van der Waals surface area (Å²) in [6.45, 7) is 2.00. The van der Waals surface area contributed by atoms with Crippen LogP contribution < -0.4 is 4.74 Å². The summed E-state index contributed by atoms with van der Waals surface area (Å²) in [6, 6.07) is 23.7. The number of halogens is 1. The van der Waals surface area contributed by atoms with Crippen molar-refractivity contribution in [3.8, 4) is 11.5 Å². The van der Waals surface area contributed by atoms with Gasteiger partial charge in [-0.3, -0.25) is 4.90 Å². The van der Waals surface area contributed by atoms with Crippen molar-refractivity contribution in [2.45, 2.75) is 48.8 Å². The molecular formula is C32H33ClN2O3. The van der Waals surface area contributed by atoms with Gasteiger partial charge in [0.05, 0.1) is 11.1 Å². The number of aryl methyl sites for hydroxylation is 1. The van der Waals surface area contributed by atoms with Crippen LogP contribution in [0.5, 0.6) is 11.5 Å². The van der Waals surface area contributed by atoms with E-state index >= 15 is 0 Å². The molecule has 3 aromatic carbocycles. The lowest BCUT2D eigenvalue weighted by atomic mass is 9.48. The Morgan fingerprint density at radius 1 is 1.05 bits per heavy atom. The quantitative estimate of drug-likeness (QED) is 0.380. The Morgan fingerprint density at radius 2 is 1.84 bits per heavy atom. The first-order valence-electron chi connectivity index (χ1n) is 13.5. The van der Waals surface area contributed by atoms with Crippen LogP contribution in [-0.2, 0) is 36.5 Å². The van der Waals surface area contributed by atoms with E-state index in [1.165, 1.54) is 38.9 Å². The van der Waals surface area contributed by atoms with Crippen LogP contribution in [0.25, 0.3) is 10.9 Å². The summed E-state index contributed by atoms with van der Waals surface area (Å²) >= 11 is 0.